The molecule has 0 aromatic heterocycles. The second-order valence-electron chi connectivity index (χ2n) is 3.06. The highest BCUT2D eigenvalue weighted by molar-refractivity contribution is 5.80. The van der Waals surface area contributed by atoms with E-state index in [0.29, 0.717) is 26.3 Å². The van der Waals surface area contributed by atoms with Gasteiger partial charge in [0.1, 0.15) is 6.61 Å². The first-order valence-electron chi connectivity index (χ1n) is 5.10. The lowest BCUT2D eigenvalue weighted by atomic mass is 10.4. The van der Waals surface area contributed by atoms with Crippen LogP contribution in [0.4, 0.5) is 0 Å². The van der Waals surface area contributed by atoms with Gasteiger partial charge in [0.25, 0.3) is 0 Å². The molecule has 0 spiro atoms. The highest BCUT2D eigenvalue weighted by atomic mass is 16.5. The van der Waals surface area contributed by atoms with Crippen molar-refractivity contribution in [3.05, 3.63) is 0 Å². The van der Waals surface area contributed by atoms with E-state index in [-0.39, 0.29) is 24.8 Å². The molecule has 0 saturated carbocycles. The first-order valence-corrected chi connectivity index (χ1v) is 5.10. The summed E-state index contributed by atoms with van der Waals surface area (Å²) in [6.07, 6.45) is 0.277. The number of hydrogen-bond donors (Lipinski definition) is 1. The molecule has 0 aromatic carbocycles. The lowest BCUT2D eigenvalue weighted by molar-refractivity contribution is -0.147. The first kappa shape index (κ1) is 14.1. The average molecular weight is 217 g/mol. The number of carbonyl (C=O) groups excluding carboxylic acids is 2. The van der Waals surface area contributed by atoms with Gasteiger partial charge in [-0.05, 0) is 13.8 Å². The van der Waals surface area contributed by atoms with Gasteiger partial charge in [0.05, 0.1) is 13.0 Å². The minimum atomic E-state index is -0.353. The van der Waals surface area contributed by atoms with Crippen LogP contribution in [0.3, 0.4) is 0 Å². The molecule has 0 aliphatic heterocycles. The molecule has 0 unspecified atom stereocenters. The summed E-state index contributed by atoms with van der Waals surface area (Å²) in [5.74, 6) is -0.498. The monoisotopic (exact) mass is 217 g/mol. The molecule has 0 bridgehead atoms. The standard InChI is InChI=1S/C10H19NO4/c1-3-14-7-6-11-5-4-10(13)15-8-9(2)12/h11H,3-8H2,1-2H3. The molecule has 0 aliphatic rings. The predicted molar refractivity (Wildman–Crippen MR) is 55.6 cm³/mol. The summed E-state index contributed by atoms with van der Waals surface area (Å²) >= 11 is 0. The molecule has 0 heterocycles. The Morgan fingerprint density at radius 2 is 2.00 bits per heavy atom. The SMILES string of the molecule is CCOCCNCCC(=O)OCC(C)=O. The zero-order valence-corrected chi connectivity index (χ0v) is 9.38. The van der Waals surface area contributed by atoms with Gasteiger partial charge in [0.2, 0.25) is 0 Å². The van der Waals surface area contributed by atoms with E-state index in [4.69, 9.17) is 4.74 Å². The van der Waals surface area contributed by atoms with E-state index in [1.54, 1.807) is 0 Å². The van der Waals surface area contributed by atoms with Crippen LogP contribution in [0, 0.1) is 0 Å². The molecule has 0 amide bonds. The third kappa shape index (κ3) is 11.0. The molecular weight excluding hydrogens is 198 g/mol. The van der Waals surface area contributed by atoms with Crippen molar-refractivity contribution in [1.29, 1.82) is 0 Å². The molecule has 15 heavy (non-hydrogen) atoms. The van der Waals surface area contributed by atoms with E-state index in [1.807, 2.05) is 6.92 Å². The van der Waals surface area contributed by atoms with Gasteiger partial charge in [-0.25, -0.2) is 0 Å². The number of hydrogen-bond acceptors (Lipinski definition) is 5. The Morgan fingerprint density at radius 3 is 2.60 bits per heavy atom. The lowest BCUT2D eigenvalue weighted by Gasteiger charge is -2.04. The number of esters is 1. The molecule has 0 fully saturated rings. The predicted octanol–water partition coefficient (Wildman–Crippen LogP) is 0.135. The third-order valence-electron chi connectivity index (χ3n) is 1.57. The van der Waals surface area contributed by atoms with Crippen molar-refractivity contribution < 1.29 is 19.1 Å². The summed E-state index contributed by atoms with van der Waals surface area (Å²) in [4.78, 5) is 21.5. The minimum absolute atomic E-state index is 0.127. The minimum Gasteiger partial charge on any atom is -0.458 e. The van der Waals surface area contributed by atoms with Gasteiger partial charge < -0.3 is 14.8 Å². The molecular formula is C10H19NO4. The van der Waals surface area contributed by atoms with E-state index < -0.39 is 0 Å². The summed E-state index contributed by atoms with van der Waals surface area (Å²) in [5, 5.41) is 3.03. The van der Waals surface area contributed by atoms with E-state index in [2.05, 4.69) is 10.1 Å². The van der Waals surface area contributed by atoms with Gasteiger partial charge in [0, 0.05) is 19.7 Å². The van der Waals surface area contributed by atoms with E-state index in [0.717, 1.165) is 0 Å². The summed E-state index contributed by atoms with van der Waals surface area (Å²) in [7, 11) is 0. The fraction of sp³-hybridized carbons (Fsp3) is 0.800. The Labute approximate surface area is 90.1 Å². The van der Waals surface area contributed by atoms with Crippen LogP contribution in [0.15, 0.2) is 0 Å². The third-order valence-corrected chi connectivity index (χ3v) is 1.57. The summed E-state index contributed by atoms with van der Waals surface area (Å²) in [5.41, 5.74) is 0. The van der Waals surface area contributed by atoms with Crippen LogP contribution in [0.5, 0.6) is 0 Å². The maximum Gasteiger partial charge on any atom is 0.307 e. The van der Waals surface area contributed by atoms with Crippen LogP contribution in [0.1, 0.15) is 20.3 Å². The number of carbonyl (C=O) groups is 2. The van der Waals surface area contributed by atoms with Crippen molar-refractivity contribution >= 4 is 11.8 Å². The van der Waals surface area contributed by atoms with Crippen LogP contribution in [0.2, 0.25) is 0 Å². The summed E-state index contributed by atoms with van der Waals surface area (Å²) in [6, 6.07) is 0. The molecule has 0 rings (SSSR count). The smallest absolute Gasteiger partial charge is 0.307 e. The van der Waals surface area contributed by atoms with Crippen molar-refractivity contribution in [3.8, 4) is 0 Å². The maximum atomic E-state index is 11.0. The van der Waals surface area contributed by atoms with Gasteiger partial charge in [-0.2, -0.15) is 0 Å². The molecule has 0 aromatic rings. The van der Waals surface area contributed by atoms with Gasteiger partial charge >= 0.3 is 5.97 Å². The van der Waals surface area contributed by atoms with Crippen molar-refractivity contribution in [2.24, 2.45) is 0 Å². The average Bonchev–Trinajstić information content (AvgIpc) is 2.20. The van der Waals surface area contributed by atoms with Gasteiger partial charge in [0.15, 0.2) is 5.78 Å². The fourth-order valence-corrected chi connectivity index (χ4v) is 0.858. The van der Waals surface area contributed by atoms with Crippen molar-refractivity contribution in [3.63, 3.8) is 0 Å². The topological polar surface area (TPSA) is 64.6 Å². The molecule has 0 aliphatic carbocycles. The number of ether oxygens (including phenoxy) is 2. The number of rotatable bonds is 9. The van der Waals surface area contributed by atoms with E-state index in [1.165, 1.54) is 6.92 Å². The quantitative estimate of drug-likeness (QED) is 0.439. The molecule has 5 nitrogen and oxygen atoms in total. The van der Waals surface area contributed by atoms with Crippen LogP contribution in [0.25, 0.3) is 0 Å². The Bertz CT molecular complexity index is 194. The van der Waals surface area contributed by atoms with Gasteiger partial charge in [-0.3, -0.25) is 9.59 Å². The molecule has 5 heteroatoms. The summed E-state index contributed by atoms with van der Waals surface area (Å²) < 4.78 is 9.77. The Kier molecular flexibility index (Phi) is 9.01. The number of nitrogens with one attached hydrogen (secondary N) is 1. The second-order valence-corrected chi connectivity index (χ2v) is 3.06. The van der Waals surface area contributed by atoms with Crippen molar-refractivity contribution in [1.82, 2.24) is 5.32 Å². The molecule has 0 radical (unpaired) electrons. The Morgan fingerprint density at radius 1 is 1.27 bits per heavy atom. The van der Waals surface area contributed by atoms with Crippen LogP contribution in [-0.4, -0.2) is 44.7 Å². The van der Waals surface area contributed by atoms with E-state index in [9.17, 15) is 9.59 Å². The molecule has 88 valence electrons. The van der Waals surface area contributed by atoms with Crippen LogP contribution >= 0.6 is 0 Å². The normalized spacial score (nSPS) is 10.0. The second kappa shape index (κ2) is 9.61. The summed E-state index contributed by atoms with van der Waals surface area (Å²) in [6.45, 7) is 5.78. The molecule has 0 atom stereocenters. The van der Waals surface area contributed by atoms with Crippen molar-refractivity contribution in [2.45, 2.75) is 20.3 Å². The highest BCUT2D eigenvalue weighted by Crippen LogP contribution is 1.85. The Balaban J connectivity index is 3.20. The fourth-order valence-electron chi connectivity index (χ4n) is 0.858. The van der Waals surface area contributed by atoms with Crippen molar-refractivity contribution in [2.75, 3.05) is 32.9 Å². The van der Waals surface area contributed by atoms with Crippen LogP contribution in [-0.2, 0) is 19.1 Å². The largest absolute Gasteiger partial charge is 0.458 e. The number of Topliss-reactive ketones (excluding diaryl/α,β-unsaturated/α-hetero) is 1. The van der Waals surface area contributed by atoms with E-state index >= 15 is 0 Å². The van der Waals surface area contributed by atoms with Gasteiger partial charge in [-0.1, -0.05) is 0 Å². The first-order chi connectivity index (χ1) is 7.16. The molecule has 1 N–H and O–H groups in total. The zero-order chi connectivity index (χ0) is 11.5. The zero-order valence-electron chi connectivity index (χ0n) is 9.38. The Hall–Kier alpha value is -0.940. The highest BCUT2D eigenvalue weighted by Gasteiger charge is 2.03. The van der Waals surface area contributed by atoms with Crippen LogP contribution < -0.4 is 5.32 Å². The molecule has 0 saturated heterocycles. The maximum absolute atomic E-state index is 11.0. The number of ketones is 1. The lowest BCUT2D eigenvalue weighted by Crippen LogP contribution is -2.24. The van der Waals surface area contributed by atoms with Gasteiger partial charge in [-0.15, -0.1) is 0 Å².